The number of rotatable bonds is 4. The van der Waals surface area contributed by atoms with Crippen LogP contribution in [0.25, 0.3) is 45.1 Å². The molecule has 3 heterocycles. The highest BCUT2D eigenvalue weighted by molar-refractivity contribution is 5.83. The molecule has 0 saturated carbocycles. The number of hydrogen-bond acceptors (Lipinski definition) is 4. The Bertz CT molecular complexity index is 1710. The zero-order valence-electron chi connectivity index (χ0n) is 19.3. The van der Waals surface area contributed by atoms with Crippen molar-refractivity contribution >= 4 is 11.1 Å². The van der Waals surface area contributed by atoms with Crippen molar-refractivity contribution in [2.24, 2.45) is 0 Å². The van der Waals surface area contributed by atoms with Gasteiger partial charge in [-0.3, -0.25) is 4.79 Å². The summed E-state index contributed by atoms with van der Waals surface area (Å²) in [5.41, 5.74) is 6.22. The van der Waals surface area contributed by atoms with Crippen LogP contribution in [0.5, 0.6) is 0 Å². The van der Waals surface area contributed by atoms with Crippen LogP contribution >= 0.6 is 0 Å². The summed E-state index contributed by atoms with van der Waals surface area (Å²) in [5.74, 6) is 0.442. The maximum atomic E-state index is 13.3. The molecule has 3 aromatic heterocycles. The molecule has 0 atom stereocenters. The highest BCUT2D eigenvalue weighted by Crippen LogP contribution is 2.33. The highest BCUT2D eigenvalue weighted by atomic mass is 16.3. The van der Waals surface area contributed by atoms with Gasteiger partial charge in [-0.2, -0.15) is 14.9 Å². The summed E-state index contributed by atoms with van der Waals surface area (Å²) in [6, 6.07) is 29.3. The molecule has 6 aromatic rings. The predicted molar refractivity (Wildman–Crippen MR) is 137 cm³/mol. The van der Waals surface area contributed by atoms with Crippen LogP contribution in [-0.4, -0.2) is 19.6 Å². The molecule has 6 heteroatoms. The van der Waals surface area contributed by atoms with Crippen LogP contribution in [0.15, 0.2) is 106 Å². The molecule has 0 radical (unpaired) electrons. The van der Waals surface area contributed by atoms with E-state index in [0.29, 0.717) is 22.6 Å². The molecule has 0 amide bonds. The Morgan fingerprint density at radius 1 is 0.771 bits per heavy atom. The van der Waals surface area contributed by atoms with Crippen LogP contribution in [0.4, 0.5) is 0 Å². The third-order valence-electron chi connectivity index (χ3n) is 6.06. The van der Waals surface area contributed by atoms with Crippen molar-refractivity contribution in [3.8, 4) is 34.0 Å². The molecule has 170 valence electrons. The molecule has 0 aliphatic rings. The average molecular weight is 459 g/mol. The lowest BCUT2D eigenvalue weighted by Gasteiger charge is -2.05. The highest BCUT2D eigenvalue weighted by Gasteiger charge is 2.21. The first-order chi connectivity index (χ1) is 17.1. The smallest absolute Gasteiger partial charge is 0.234 e. The number of nitrogens with zero attached hydrogens (tertiary/aromatic N) is 4. The molecule has 0 aliphatic heterocycles. The molecule has 0 unspecified atom stereocenters. The van der Waals surface area contributed by atoms with E-state index in [1.807, 2.05) is 110 Å². The lowest BCUT2D eigenvalue weighted by Crippen LogP contribution is -2.02. The third kappa shape index (κ3) is 3.65. The van der Waals surface area contributed by atoms with Crippen molar-refractivity contribution in [2.45, 2.75) is 13.8 Å². The monoisotopic (exact) mass is 458 g/mol. The van der Waals surface area contributed by atoms with Gasteiger partial charge in [0.05, 0.1) is 22.6 Å². The molecule has 35 heavy (non-hydrogen) atoms. The number of fused-ring (bicyclic) bond motifs is 1. The van der Waals surface area contributed by atoms with Crippen molar-refractivity contribution in [1.82, 2.24) is 19.6 Å². The molecule has 0 fully saturated rings. The largest absolute Gasteiger partial charge is 0.437 e. The van der Waals surface area contributed by atoms with Crippen molar-refractivity contribution in [2.75, 3.05) is 0 Å². The zero-order chi connectivity index (χ0) is 23.9. The Morgan fingerprint density at radius 3 is 2.11 bits per heavy atom. The van der Waals surface area contributed by atoms with E-state index >= 15 is 0 Å². The number of hydrogen-bond donors (Lipinski definition) is 0. The van der Waals surface area contributed by atoms with E-state index in [0.717, 1.165) is 33.8 Å². The van der Waals surface area contributed by atoms with E-state index in [2.05, 4.69) is 5.10 Å². The van der Waals surface area contributed by atoms with Gasteiger partial charge in [0, 0.05) is 17.8 Å². The summed E-state index contributed by atoms with van der Waals surface area (Å²) in [5, 5.41) is 9.96. The number of aryl methyl sites for hydroxylation is 2. The van der Waals surface area contributed by atoms with Gasteiger partial charge >= 0.3 is 0 Å². The van der Waals surface area contributed by atoms with E-state index in [-0.39, 0.29) is 5.43 Å². The van der Waals surface area contributed by atoms with Crippen molar-refractivity contribution in [3.63, 3.8) is 0 Å². The first-order valence-corrected chi connectivity index (χ1v) is 11.4. The Balaban J connectivity index is 1.61. The van der Waals surface area contributed by atoms with E-state index in [9.17, 15) is 4.79 Å². The fourth-order valence-corrected chi connectivity index (χ4v) is 4.28. The number of benzene rings is 3. The molecule has 6 rings (SSSR count). The van der Waals surface area contributed by atoms with Crippen molar-refractivity contribution in [1.29, 1.82) is 0 Å². The van der Waals surface area contributed by atoms with Gasteiger partial charge in [0.2, 0.25) is 5.71 Å². The molecule has 6 nitrogen and oxygen atoms in total. The molecule has 0 spiro atoms. The molecule has 3 aromatic carbocycles. The first kappa shape index (κ1) is 20.9. The van der Waals surface area contributed by atoms with E-state index < -0.39 is 0 Å². The molecule has 0 bridgehead atoms. The van der Waals surface area contributed by atoms with E-state index in [1.54, 1.807) is 4.68 Å². The second-order valence-electron chi connectivity index (χ2n) is 8.53. The molecular weight excluding hydrogens is 436 g/mol. The van der Waals surface area contributed by atoms with Crippen LogP contribution in [0.2, 0.25) is 0 Å². The Kier molecular flexibility index (Phi) is 4.92. The fraction of sp³-hybridized carbons (Fsp3) is 0.0690. The molecular formula is C29H22N4O2. The van der Waals surface area contributed by atoms with Gasteiger partial charge in [0.15, 0.2) is 5.43 Å². The molecule has 0 N–H and O–H groups in total. The van der Waals surface area contributed by atoms with Crippen LogP contribution in [-0.2, 0) is 0 Å². The van der Waals surface area contributed by atoms with Crippen LogP contribution in [0, 0.1) is 13.8 Å². The summed E-state index contributed by atoms with van der Waals surface area (Å²) >= 11 is 0. The second-order valence-corrected chi connectivity index (χ2v) is 8.53. The summed E-state index contributed by atoms with van der Waals surface area (Å²) in [7, 11) is 0. The van der Waals surface area contributed by atoms with Gasteiger partial charge in [0.1, 0.15) is 16.8 Å². The average Bonchev–Trinajstić information content (AvgIpc) is 3.48. The molecule has 0 aliphatic carbocycles. The topological polar surface area (TPSA) is 65.8 Å². The van der Waals surface area contributed by atoms with E-state index in [4.69, 9.17) is 9.52 Å². The first-order valence-electron chi connectivity index (χ1n) is 11.4. The van der Waals surface area contributed by atoms with Gasteiger partial charge in [-0.15, -0.1) is 0 Å². The quantitative estimate of drug-likeness (QED) is 0.319. The summed E-state index contributed by atoms with van der Waals surface area (Å²) < 4.78 is 9.91. The zero-order valence-corrected chi connectivity index (χ0v) is 19.3. The Hall–Kier alpha value is -4.71. The van der Waals surface area contributed by atoms with Crippen LogP contribution < -0.4 is 5.43 Å². The summed E-state index contributed by atoms with van der Waals surface area (Å²) in [6.07, 6.45) is 1.91. The minimum atomic E-state index is -0.136. The lowest BCUT2D eigenvalue weighted by atomic mass is 10.0. The maximum Gasteiger partial charge on any atom is 0.234 e. The Labute approximate surface area is 201 Å². The van der Waals surface area contributed by atoms with Gasteiger partial charge in [-0.05, 0) is 38.1 Å². The van der Waals surface area contributed by atoms with Crippen molar-refractivity contribution < 1.29 is 4.42 Å². The second kappa shape index (κ2) is 8.25. The summed E-state index contributed by atoms with van der Waals surface area (Å²) in [6.45, 7) is 3.87. The molecule has 0 saturated heterocycles. The standard InChI is InChI=1S/C29H22N4O2/c1-19-13-15-21(16-14-19)28-24(18-32(31-28)22-9-5-3-6-10-22)26-17-25(34)27-20(2)30-33(29(27)35-26)23-11-7-4-8-12-23/h3-18H,1-2H3. The van der Waals surface area contributed by atoms with Gasteiger partial charge in [-0.25, -0.2) is 4.68 Å². The van der Waals surface area contributed by atoms with Crippen molar-refractivity contribution in [3.05, 3.63) is 119 Å². The van der Waals surface area contributed by atoms with Gasteiger partial charge in [-0.1, -0.05) is 66.2 Å². The number of aromatic nitrogens is 4. The minimum absolute atomic E-state index is 0.136. The summed E-state index contributed by atoms with van der Waals surface area (Å²) in [4.78, 5) is 13.3. The Morgan fingerprint density at radius 2 is 1.43 bits per heavy atom. The fourth-order valence-electron chi connectivity index (χ4n) is 4.28. The predicted octanol–water partition coefficient (Wildman–Crippen LogP) is 6.12. The SMILES string of the molecule is Cc1ccc(-c2nn(-c3ccccc3)cc2-c2cc(=O)c3c(C)nn(-c4ccccc4)c3o2)cc1. The van der Waals surface area contributed by atoms with Crippen LogP contribution in [0.1, 0.15) is 11.3 Å². The minimum Gasteiger partial charge on any atom is -0.437 e. The van der Waals surface area contributed by atoms with Crippen LogP contribution in [0.3, 0.4) is 0 Å². The van der Waals surface area contributed by atoms with Gasteiger partial charge < -0.3 is 4.42 Å². The third-order valence-corrected chi connectivity index (χ3v) is 6.06. The lowest BCUT2D eigenvalue weighted by molar-refractivity contribution is 0.587. The van der Waals surface area contributed by atoms with E-state index in [1.165, 1.54) is 6.07 Å². The number of para-hydroxylation sites is 2. The van der Waals surface area contributed by atoms with Gasteiger partial charge in [0.25, 0.3) is 0 Å². The maximum absolute atomic E-state index is 13.3. The normalized spacial score (nSPS) is 11.3.